The Morgan fingerprint density at radius 2 is 1.73 bits per heavy atom. The van der Waals surface area contributed by atoms with E-state index in [0.717, 1.165) is 87.8 Å². The first-order chi connectivity index (χ1) is 15.7. The van der Waals surface area contributed by atoms with E-state index in [1.165, 1.54) is 11.3 Å². The summed E-state index contributed by atoms with van der Waals surface area (Å²) >= 11 is 6.93. The van der Waals surface area contributed by atoms with Crippen molar-refractivity contribution in [1.82, 2.24) is 14.7 Å². The Morgan fingerprint density at radius 3 is 2.36 bits per heavy atom. The van der Waals surface area contributed by atoms with Gasteiger partial charge < -0.3 is 9.80 Å². The third-order valence-corrected chi connectivity index (χ3v) is 8.25. The molecule has 33 heavy (non-hydrogen) atoms. The van der Waals surface area contributed by atoms with E-state index in [4.69, 9.17) is 11.6 Å². The number of benzene rings is 1. The van der Waals surface area contributed by atoms with Crippen molar-refractivity contribution in [2.75, 3.05) is 57.3 Å². The molecule has 0 bridgehead atoms. The number of hydrogen-bond donors (Lipinski definition) is 0. The lowest BCUT2D eigenvalue weighted by Crippen LogP contribution is -2.52. The molecule has 0 amide bonds. The van der Waals surface area contributed by atoms with Crippen LogP contribution < -0.4 is 4.90 Å². The highest BCUT2D eigenvalue weighted by Crippen LogP contribution is 2.42. The van der Waals surface area contributed by atoms with Crippen LogP contribution in [0.2, 0.25) is 5.02 Å². The van der Waals surface area contributed by atoms with Crippen LogP contribution in [0.4, 0.5) is 18.9 Å². The molecule has 4 rings (SSSR count). The molecule has 3 aliphatic rings. The number of piperidine rings is 1. The summed E-state index contributed by atoms with van der Waals surface area (Å²) in [5.41, 5.74) is 1.48. The van der Waals surface area contributed by atoms with Crippen LogP contribution in [0.3, 0.4) is 0 Å². The summed E-state index contributed by atoms with van der Waals surface area (Å²) in [6.07, 6.45) is 0.413. The molecule has 0 atom stereocenters. The molecule has 8 heteroatoms. The molecule has 3 heterocycles. The van der Waals surface area contributed by atoms with Crippen LogP contribution >= 0.6 is 11.6 Å². The molecule has 0 N–H and O–H groups in total. The fraction of sp³-hybridized carbons (Fsp3) is 0.680. The van der Waals surface area contributed by atoms with Gasteiger partial charge in [-0.2, -0.15) is 13.2 Å². The lowest BCUT2D eigenvalue weighted by atomic mass is 9.84. The molecule has 4 nitrogen and oxygen atoms in total. The van der Waals surface area contributed by atoms with Crippen LogP contribution in [0.5, 0.6) is 0 Å². The van der Waals surface area contributed by atoms with Gasteiger partial charge >= 0.3 is 6.18 Å². The Kier molecular flexibility index (Phi) is 7.51. The molecule has 3 saturated heterocycles. The number of piperazine rings is 1. The van der Waals surface area contributed by atoms with Crippen molar-refractivity contribution in [3.63, 3.8) is 0 Å². The van der Waals surface area contributed by atoms with Gasteiger partial charge in [-0.25, -0.2) is 0 Å². The lowest BCUT2D eigenvalue weighted by molar-refractivity contribution is -0.115. The van der Waals surface area contributed by atoms with Gasteiger partial charge in [-0.15, -0.1) is 0 Å². The maximum atomic E-state index is 13.1. The van der Waals surface area contributed by atoms with E-state index in [1.54, 1.807) is 0 Å². The molecular formula is C25H36ClF3N4. The molecule has 0 radical (unpaired) electrons. The summed E-state index contributed by atoms with van der Waals surface area (Å²) in [7, 11) is 0. The largest absolute Gasteiger partial charge is 0.430 e. The Hall–Kier alpha value is -1.44. The maximum absolute atomic E-state index is 13.1. The molecule has 184 valence electrons. The normalized spacial score (nSPS) is 22.3. The number of rotatable bonds is 6. The molecular weight excluding hydrogens is 449 g/mol. The zero-order valence-electron chi connectivity index (χ0n) is 19.6. The first-order valence-corrected chi connectivity index (χ1v) is 12.6. The molecule has 0 saturated carbocycles. The highest BCUT2D eigenvalue weighted by molar-refractivity contribution is 6.34. The number of hydrogen-bond acceptors (Lipinski definition) is 4. The van der Waals surface area contributed by atoms with E-state index in [9.17, 15) is 13.2 Å². The van der Waals surface area contributed by atoms with Crippen molar-refractivity contribution in [2.45, 2.75) is 57.3 Å². The molecule has 1 spiro atoms. The van der Waals surface area contributed by atoms with Crippen LogP contribution in [0, 0.1) is 0 Å². The molecule has 0 aromatic heterocycles. The smallest absolute Gasteiger partial charge is 0.368 e. The second-order valence-electron chi connectivity index (χ2n) is 9.76. The minimum atomic E-state index is -4.35. The summed E-state index contributed by atoms with van der Waals surface area (Å²) in [6, 6.07) is 6.31. The van der Waals surface area contributed by atoms with Crippen molar-refractivity contribution >= 4 is 17.3 Å². The van der Waals surface area contributed by atoms with E-state index in [1.807, 2.05) is 0 Å². The van der Waals surface area contributed by atoms with Gasteiger partial charge in [0.05, 0.1) is 10.7 Å². The molecule has 3 fully saturated rings. The first-order valence-electron chi connectivity index (χ1n) is 12.2. The summed E-state index contributed by atoms with van der Waals surface area (Å²) < 4.78 is 39.3. The van der Waals surface area contributed by atoms with Crippen molar-refractivity contribution in [2.24, 2.45) is 0 Å². The highest BCUT2D eigenvalue weighted by atomic mass is 35.5. The lowest BCUT2D eigenvalue weighted by Gasteiger charge is -2.46. The summed E-state index contributed by atoms with van der Waals surface area (Å²) in [6.45, 7) is 13.3. The van der Waals surface area contributed by atoms with E-state index in [2.05, 4.69) is 46.4 Å². The monoisotopic (exact) mass is 484 g/mol. The minimum Gasteiger partial charge on any atom is -0.368 e. The van der Waals surface area contributed by atoms with Gasteiger partial charge in [-0.3, -0.25) is 9.80 Å². The zero-order chi connectivity index (χ0) is 23.6. The topological polar surface area (TPSA) is 13.0 Å². The van der Waals surface area contributed by atoms with Gasteiger partial charge in [-0.1, -0.05) is 37.2 Å². The van der Waals surface area contributed by atoms with Gasteiger partial charge in [0.2, 0.25) is 0 Å². The maximum Gasteiger partial charge on any atom is 0.430 e. The van der Waals surface area contributed by atoms with Crippen molar-refractivity contribution in [3.05, 3.63) is 41.1 Å². The summed E-state index contributed by atoms with van der Waals surface area (Å²) in [5, 5.41) is 0.825. The molecule has 1 aromatic carbocycles. The quantitative estimate of drug-likeness (QED) is 0.537. The van der Waals surface area contributed by atoms with Gasteiger partial charge in [0.1, 0.15) is 5.70 Å². The van der Waals surface area contributed by atoms with Gasteiger partial charge in [0.25, 0.3) is 0 Å². The molecule has 3 aliphatic heterocycles. The van der Waals surface area contributed by atoms with Gasteiger partial charge in [0, 0.05) is 51.4 Å². The fourth-order valence-electron chi connectivity index (χ4n) is 5.85. The van der Waals surface area contributed by atoms with Gasteiger partial charge in [0.15, 0.2) is 0 Å². The van der Waals surface area contributed by atoms with Crippen molar-refractivity contribution in [1.29, 1.82) is 0 Å². The summed E-state index contributed by atoms with van der Waals surface area (Å²) in [4.78, 5) is 8.78. The van der Waals surface area contributed by atoms with E-state index < -0.39 is 11.9 Å². The number of anilines is 1. The average molecular weight is 485 g/mol. The number of halogens is 4. The van der Waals surface area contributed by atoms with Crippen molar-refractivity contribution < 1.29 is 13.2 Å². The average Bonchev–Trinajstić information content (AvgIpc) is 3.17. The first kappa shape index (κ1) is 24.7. The van der Waals surface area contributed by atoms with Crippen LogP contribution in [0.1, 0.15) is 44.6 Å². The second kappa shape index (κ2) is 10.0. The second-order valence-corrected chi connectivity index (χ2v) is 10.1. The number of nitrogens with zero attached hydrogens (tertiary/aromatic N) is 4. The van der Waals surface area contributed by atoms with E-state index in [0.29, 0.717) is 13.1 Å². The third kappa shape index (κ3) is 5.30. The van der Waals surface area contributed by atoms with Crippen LogP contribution in [0.15, 0.2) is 30.5 Å². The standard InChI is InChI=1S/C25H36ClF3N4/c1-3-11-30-15-17-32(18-16-30)22-7-4-6-21(23(22)26)19-33-12-5-8-24(33)9-13-31(14-10-24)20(2)25(27,28)29/h4,6-7H,2-3,5,8-19H2,1H3. The predicted octanol–water partition coefficient (Wildman–Crippen LogP) is 5.38. The Balaban J connectivity index is 1.42. The SMILES string of the molecule is C=C(N1CCC2(CCCN2Cc2cccc(N3CCN(CCC)CC3)c2Cl)CC1)C(F)(F)F. The fourth-order valence-corrected chi connectivity index (χ4v) is 6.15. The number of allylic oxidation sites excluding steroid dienone is 1. The van der Waals surface area contributed by atoms with Gasteiger partial charge in [-0.05, 0) is 56.8 Å². The predicted molar refractivity (Wildman–Crippen MR) is 129 cm³/mol. The van der Waals surface area contributed by atoms with Crippen LogP contribution in [-0.2, 0) is 6.54 Å². The number of alkyl halides is 3. The van der Waals surface area contributed by atoms with Crippen LogP contribution in [0.25, 0.3) is 0 Å². The highest BCUT2D eigenvalue weighted by Gasteiger charge is 2.45. The van der Waals surface area contributed by atoms with E-state index >= 15 is 0 Å². The van der Waals surface area contributed by atoms with E-state index in [-0.39, 0.29) is 5.54 Å². The third-order valence-electron chi connectivity index (χ3n) is 7.82. The minimum absolute atomic E-state index is 0.0342. The Labute approximate surface area is 200 Å². The zero-order valence-corrected chi connectivity index (χ0v) is 20.4. The molecule has 1 aromatic rings. The molecule has 0 aliphatic carbocycles. The summed E-state index contributed by atoms with van der Waals surface area (Å²) in [5.74, 6) is 0. The molecule has 0 unspecified atom stereocenters. The number of likely N-dealkylation sites (tertiary alicyclic amines) is 2. The van der Waals surface area contributed by atoms with Crippen LogP contribution in [-0.4, -0.2) is 78.8 Å². The van der Waals surface area contributed by atoms with Crippen molar-refractivity contribution in [3.8, 4) is 0 Å². The Bertz CT molecular complexity index is 827. The Morgan fingerprint density at radius 1 is 1.03 bits per heavy atom.